The Balaban J connectivity index is 3.41. The summed E-state index contributed by atoms with van der Waals surface area (Å²) in [5, 5.41) is 23.3. The van der Waals surface area contributed by atoms with Gasteiger partial charge in [-0.1, -0.05) is 288 Å². The maximum atomic E-state index is 12.5. The van der Waals surface area contributed by atoms with Gasteiger partial charge in [0.2, 0.25) is 5.91 Å². The van der Waals surface area contributed by atoms with Crippen LogP contribution in [0, 0.1) is 0 Å². The monoisotopic (exact) mass is 1010 g/mol. The summed E-state index contributed by atoms with van der Waals surface area (Å²) in [6.45, 7) is 4.94. The second-order valence-electron chi connectivity index (χ2n) is 22.1. The molecule has 424 valence electrons. The molecule has 0 saturated carbocycles. The number of hydrogen-bond acceptors (Lipinski definition) is 5. The predicted molar refractivity (Wildman–Crippen MR) is 315 cm³/mol. The molecule has 0 saturated heterocycles. The lowest BCUT2D eigenvalue weighted by Gasteiger charge is -2.22. The van der Waals surface area contributed by atoms with E-state index in [1.165, 1.54) is 263 Å². The molecule has 6 heteroatoms. The average Bonchev–Trinajstić information content (AvgIpc) is 3.38. The molecule has 0 aromatic carbocycles. The molecule has 0 aliphatic heterocycles. The second kappa shape index (κ2) is 61.6. The fourth-order valence-electron chi connectivity index (χ4n) is 9.96. The molecule has 0 rings (SSSR count). The summed E-state index contributed by atoms with van der Waals surface area (Å²) < 4.78 is 5.48. The van der Waals surface area contributed by atoms with E-state index in [2.05, 4.69) is 55.6 Å². The number of esters is 1. The van der Waals surface area contributed by atoms with E-state index in [-0.39, 0.29) is 18.5 Å². The average molecular weight is 1010 g/mol. The Kier molecular flexibility index (Phi) is 60.0. The van der Waals surface area contributed by atoms with E-state index in [1.54, 1.807) is 0 Å². The van der Waals surface area contributed by atoms with Crippen molar-refractivity contribution in [2.45, 2.75) is 360 Å². The summed E-state index contributed by atoms with van der Waals surface area (Å²) in [4.78, 5) is 24.6. The molecule has 0 heterocycles. The van der Waals surface area contributed by atoms with Gasteiger partial charge in [-0.2, -0.15) is 0 Å². The van der Waals surface area contributed by atoms with Crippen LogP contribution < -0.4 is 5.32 Å². The molecule has 0 bridgehead atoms. The molecule has 0 aliphatic carbocycles. The number of carbonyl (C=O) groups excluding carboxylic acids is 2. The number of aliphatic hydroxyl groups excluding tert-OH is 2. The number of ether oxygens (including phenoxy) is 1. The minimum Gasteiger partial charge on any atom is -0.466 e. The lowest BCUT2D eigenvalue weighted by Crippen LogP contribution is -2.45. The molecular weight excluding hydrogens is 887 g/mol. The van der Waals surface area contributed by atoms with Crippen molar-refractivity contribution in [3.05, 3.63) is 36.5 Å². The normalized spacial score (nSPS) is 12.8. The zero-order valence-electron chi connectivity index (χ0n) is 48.4. The lowest BCUT2D eigenvalue weighted by atomic mass is 10.0. The van der Waals surface area contributed by atoms with E-state index >= 15 is 0 Å². The van der Waals surface area contributed by atoms with Gasteiger partial charge < -0.3 is 20.3 Å². The highest BCUT2D eigenvalue weighted by molar-refractivity contribution is 5.76. The van der Waals surface area contributed by atoms with Crippen LogP contribution >= 0.6 is 0 Å². The van der Waals surface area contributed by atoms with Crippen LogP contribution in [0.1, 0.15) is 348 Å². The molecule has 0 spiro atoms. The zero-order chi connectivity index (χ0) is 52.2. The molecule has 1 amide bonds. The minimum atomic E-state index is -0.669. The van der Waals surface area contributed by atoms with Crippen molar-refractivity contribution in [2.24, 2.45) is 0 Å². The van der Waals surface area contributed by atoms with Crippen LogP contribution in [-0.4, -0.2) is 47.4 Å². The maximum absolute atomic E-state index is 12.5. The third-order valence-electron chi connectivity index (χ3n) is 14.9. The summed E-state index contributed by atoms with van der Waals surface area (Å²) in [7, 11) is 0. The van der Waals surface area contributed by atoms with E-state index in [0.29, 0.717) is 25.9 Å². The van der Waals surface area contributed by atoms with Gasteiger partial charge in [0, 0.05) is 12.8 Å². The molecule has 2 unspecified atom stereocenters. The third kappa shape index (κ3) is 57.4. The Labute approximate surface area is 449 Å². The summed E-state index contributed by atoms with van der Waals surface area (Å²) in [5.41, 5.74) is 0. The first kappa shape index (κ1) is 70.1. The fraction of sp³-hybridized carbons (Fsp3) is 0.879. The topological polar surface area (TPSA) is 95.9 Å². The van der Waals surface area contributed by atoms with Crippen LogP contribution in [0.25, 0.3) is 0 Å². The quantitative estimate of drug-likeness (QED) is 0.0320. The highest BCUT2D eigenvalue weighted by atomic mass is 16.5. The second-order valence-corrected chi connectivity index (χ2v) is 22.1. The molecule has 3 N–H and O–H groups in total. The van der Waals surface area contributed by atoms with Crippen LogP contribution in [-0.2, 0) is 14.3 Å². The molecular formula is C66H125NO5. The SMILES string of the molecule is CCCCCC/C=C\C/C=C\CCCCCCCC(=O)OCCCCCCCCCCCCCC/C=C\CCCCCCCCCC(=O)NC(CO)C(O)CCCCCCCCCCCCCCCCCC. The number of allylic oxidation sites excluding steroid dienone is 6. The number of nitrogens with one attached hydrogen (secondary N) is 1. The number of hydrogen-bond donors (Lipinski definition) is 3. The Morgan fingerprint density at radius 2 is 0.694 bits per heavy atom. The van der Waals surface area contributed by atoms with Gasteiger partial charge in [-0.3, -0.25) is 9.59 Å². The lowest BCUT2D eigenvalue weighted by molar-refractivity contribution is -0.143. The number of unbranched alkanes of at least 4 members (excludes halogenated alkanes) is 43. The number of carbonyl (C=O) groups is 2. The highest BCUT2D eigenvalue weighted by Crippen LogP contribution is 2.18. The highest BCUT2D eigenvalue weighted by Gasteiger charge is 2.20. The first-order valence-corrected chi connectivity index (χ1v) is 32.2. The Hall–Kier alpha value is -1.92. The molecule has 0 aliphatic rings. The van der Waals surface area contributed by atoms with E-state index in [1.807, 2.05) is 0 Å². The first-order chi connectivity index (χ1) is 35.5. The molecule has 0 aromatic rings. The van der Waals surface area contributed by atoms with Crippen LogP contribution in [0.2, 0.25) is 0 Å². The van der Waals surface area contributed by atoms with Crippen molar-refractivity contribution in [1.29, 1.82) is 0 Å². The van der Waals surface area contributed by atoms with E-state index in [0.717, 1.165) is 51.4 Å². The van der Waals surface area contributed by atoms with Gasteiger partial charge in [-0.05, 0) is 83.5 Å². The predicted octanol–water partition coefficient (Wildman–Crippen LogP) is 20.4. The molecule has 6 nitrogen and oxygen atoms in total. The van der Waals surface area contributed by atoms with E-state index in [9.17, 15) is 19.8 Å². The molecule has 0 aromatic heterocycles. The summed E-state index contributed by atoms with van der Waals surface area (Å²) >= 11 is 0. The maximum Gasteiger partial charge on any atom is 0.305 e. The molecule has 0 radical (unpaired) electrons. The summed E-state index contributed by atoms with van der Waals surface area (Å²) in [6, 6.07) is -0.546. The van der Waals surface area contributed by atoms with Gasteiger partial charge >= 0.3 is 5.97 Å². The van der Waals surface area contributed by atoms with Crippen molar-refractivity contribution in [2.75, 3.05) is 13.2 Å². The van der Waals surface area contributed by atoms with Gasteiger partial charge in [0.05, 0.1) is 25.4 Å². The summed E-state index contributed by atoms with van der Waals surface area (Å²) in [5.74, 6) is -0.0413. The van der Waals surface area contributed by atoms with Crippen LogP contribution in [0.3, 0.4) is 0 Å². The van der Waals surface area contributed by atoms with Crippen molar-refractivity contribution in [3.63, 3.8) is 0 Å². The van der Waals surface area contributed by atoms with E-state index in [4.69, 9.17) is 4.74 Å². The molecule has 72 heavy (non-hydrogen) atoms. The van der Waals surface area contributed by atoms with Gasteiger partial charge in [-0.15, -0.1) is 0 Å². The van der Waals surface area contributed by atoms with E-state index < -0.39 is 12.1 Å². The Bertz CT molecular complexity index is 1170. The summed E-state index contributed by atoms with van der Waals surface area (Å²) in [6.07, 6.45) is 77.3. The van der Waals surface area contributed by atoms with Crippen LogP contribution in [0.15, 0.2) is 36.5 Å². The number of rotatable bonds is 60. The number of amides is 1. The standard InChI is InChI=1S/C66H125NO5/c1-3-5-7-9-11-13-15-17-19-30-34-38-42-46-50-54-58-64(69)63(62-68)67-65(70)59-55-51-47-43-39-35-31-28-26-24-22-21-23-25-27-29-33-37-41-45-49-53-57-61-72-66(71)60-56-52-48-44-40-36-32-20-18-16-14-12-10-8-6-4-2/h14,16,20,24,26,32,63-64,68-69H,3-13,15,17-19,21-23,25,27-31,33-62H2,1-2H3,(H,67,70)/b16-14-,26-24-,32-20-. The van der Waals surface area contributed by atoms with Gasteiger partial charge in [0.15, 0.2) is 0 Å². The van der Waals surface area contributed by atoms with Gasteiger partial charge in [0.1, 0.15) is 0 Å². The van der Waals surface area contributed by atoms with Crippen molar-refractivity contribution < 1.29 is 24.5 Å². The zero-order valence-corrected chi connectivity index (χ0v) is 48.4. The van der Waals surface area contributed by atoms with Crippen molar-refractivity contribution in [1.82, 2.24) is 5.32 Å². The van der Waals surface area contributed by atoms with Crippen LogP contribution in [0.5, 0.6) is 0 Å². The smallest absolute Gasteiger partial charge is 0.305 e. The fourth-order valence-corrected chi connectivity index (χ4v) is 9.96. The van der Waals surface area contributed by atoms with Crippen LogP contribution in [0.4, 0.5) is 0 Å². The molecule has 0 fully saturated rings. The Morgan fingerprint density at radius 1 is 0.389 bits per heavy atom. The molecule has 2 atom stereocenters. The Morgan fingerprint density at radius 3 is 1.08 bits per heavy atom. The van der Waals surface area contributed by atoms with Gasteiger partial charge in [0.25, 0.3) is 0 Å². The third-order valence-corrected chi connectivity index (χ3v) is 14.9. The first-order valence-electron chi connectivity index (χ1n) is 32.2. The van der Waals surface area contributed by atoms with Gasteiger partial charge in [-0.25, -0.2) is 0 Å². The van der Waals surface area contributed by atoms with Crippen molar-refractivity contribution >= 4 is 11.9 Å². The largest absolute Gasteiger partial charge is 0.466 e. The van der Waals surface area contributed by atoms with Crippen molar-refractivity contribution in [3.8, 4) is 0 Å². The minimum absolute atomic E-state index is 0.00175. The number of aliphatic hydroxyl groups is 2.